The highest BCUT2D eigenvalue weighted by molar-refractivity contribution is 7.27. The molecule has 0 N–H and O–H groups in total. The van der Waals surface area contributed by atoms with Crippen molar-refractivity contribution in [3.05, 3.63) is 176 Å². The predicted molar refractivity (Wildman–Crippen MR) is 224 cm³/mol. The number of benzene rings is 7. The molecule has 0 amide bonds. The topological polar surface area (TPSA) is 56.5 Å². The Bertz CT molecular complexity index is 3150. The fourth-order valence-electron chi connectivity index (χ4n) is 7.89. The van der Waals surface area contributed by atoms with Gasteiger partial charge in [-0.3, -0.25) is 4.98 Å². The zero-order valence-electron chi connectivity index (χ0n) is 28.9. The van der Waals surface area contributed by atoms with Crippen molar-refractivity contribution in [3.8, 4) is 51.0 Å². The van der Waals surface area contributed by atoms with Crippen LogP contribution in [0, 0.1) is 0 Å². The lowest BCUT2D eigenvalue weighted by Crippen LogP contribution is -2.02. The maximum Gasteiger partial charge on any atom is 0.164 e. The Morgan fingerprint density at radius 2 is 0.963 bits per heavy atom. The average Bonchev–Trinajstić information content (AvgIpc) is 3.82. The largest absolute Gasteiger partial charge is 0.308 e. The van der Waals surface area contributed by atoms with Gasteiger partial charge in [-0.05, 0) is 52.2 Å². The SMILES string of the molecule is c1ccc(-c2cc(-c3nc(-c4ccccc4)nc(-c4ccccc4)n3)cc(-n3c4ccncc4c4c5ccccc5c5c6ccccc6sc5c43)c2)cc1. The summed E-state index contributed by atoms with van der Waals surface area (Å²) < 4.78 is 4.96. The smallest absolute Gasteiger partial charge is 0.164 e. The fourth-order valence-corrected chi connectivity index (χ4v) is 9.15. The van der Waals surface area contributed by atoms with Crippen molar-refractivity contribution in [2.24, 2.45) is 0 Å². The minimum Gasteiger partial charge on any atom is -0.308 e. The van der Waals surface area contributed by atoms with Gasteiger partial charge in [0.15, 0.2) is 17.5 Å². The van der Waals surface area contributed by atoms with E-state index in [1.165, 1.54) is 41.8 Å². The predicted octanol–water partition coefficient (Wildman–Crippen LogP) is 12.6. The summed E-state index contributed by atoms with van der Waals surface area (Å²) in [5.74, 6) is 1.88. The van der Waals surface area contributed by atoms with Crippen LogP contribution in [0.25, 0.3) is 104 Å². The number of nitrogens with zero attached hydrogens (tertiary/aromatic N) is 5. The van der Waals surface area contributed by atoms with E-state index in [9.17, 15) is 0 Å². The Balaban J connectivity index is 1.27. The van der Waals surface area contributed by atoms with Crippen LogP contribution in [0.3, 0.4) is 0 Å². The zero-order chi connectivity index (χ0) is 35.6. The molecule has 0 aliphatic rings. The first-order chi connectivity index (χ1) is 26.8. The molecule has 252 valence electrons. The number of fused-ring (bicyclic) bond motifs is 10. The van der Waals surface area contributed by atoms with Gasteiger partial charge in [-0.25, -0.2) is 15.0 Å². The lowest BCUT2D eigenvalue weighted by molar-refractivity contribution is 1.07. The van der Waals surface area contributed by atoms with E-state index in [1.807, 2.05) is 84.4 Å². The Morgan fingerprint density at radius 1 is 0.426 bits per heavy atom. The van der Waals surface area contributed by atoms with Crippen LogP contribution in [0.5, 0.6) is 0 Å². The van der Waals surface area contributed by atoms with Crippen LogP contribution in [0.1, 0.15) is 0 Å². The highest BCUT2D eigenvalue weighted by atomic mass is 32.1. The molecule has 0 saturated heterocycles. The molecule has 7 aromatic carbocycles. The molecule has 5 nitrogen and oxygen atoms in total. The molecule has 0 fully saturated rings. The zero-order valence-corrected chi connectivity index (χ0v) is 29.7. The quantitative estimate of drug-likeness (QED) is 0.179. The molecule has 54 heavy (non-hydrogen) atoms. The third-order valence-corrected chi connectivity index (χ3v) is 11.5. The van der Waals surface area contributed by atoms with E-state index in [-0.39, 0.29) is 0 Å². The van der Waals surface area contributed by atoms with Gasteiger partial charge in [-0.2, -0.15) is 0 Å². The van der Waals surface area contributed by atoms with E-state index < -0.39 is 0 Å². The molecule has 0 radical (unpaired) electrons. The van der Waals surface area contributed by atoms with Gasteiger partial charge in [0.1, 0.15) is 0 Å². The third-order valence-electron chi connectivity index (χ3n) is 10.3. The van der Waals surface area contributed by atoms with Crippen molar-refractivity contribution in [1.82, 2.24) is 24.5 Å². The first kappa shape index (κ1) is 30.6. The van der Waals surface area contributed by atoms with Gasteiger partial charge in [-0.15, -0.1) is 11.3 Å². The van der Waals surface area contributed by atoms with Crippen molar-refractivity contribution in [2.75, 3.05) is 0 Å². The first-order valence-electron chi connectivity index (χ1n) is 18.0. The van der Waals surface area contributed by atoms with Crippen LogP contribution in [0.4, 0.5) is 0 Å². The number of aromatic nitrogens is 5. The minimum absolute atomic E-state index is 0.613. The summed E-state index contributed by atoms with van der Waals surface area (Å²) in [6.45, 7) is 0. The van der Waals surface area contributed by atoms with Crippen molar-refractivity contribution < 1.29 is 0 Å². The maximum absolute atomic E-state index is 5.16. The first-order valence-corrected chi connectivity index (χ1v) is 18.8. The van der Waals surface area contributed by atoms with Gasteiger partial charge >= 0.3 is 0 Å². The molecule has 0 unspecified atom stereocenters. The van der Waals surface area contributed by atoms with Crippen LogP contribution in [0.15, 0.2) is 176 Å². The fraction of sp³-hybridized carbons (Fsp3) is 0. The van der Waals surface area contributed by atoms with Gasteiger partial charge in [0.25, 0.3) is 0 Å². The monoisotopic (exact) mass is 707 g/mol. The Hall–Kier alpha value is -7.02. The van der Waals surface area contributed by atoms with Crippen LogP contribution >= 0.6 is 11.3 Å². The lowest BCUT2D eigenvalue weighted by Gasteiger charge is -2.15. The van der Waals surface area contributed by atoms with Crippen LogP contribution in [-0.4, -0.2) is 24.5 Å². The Morgan fingerprint density at radius 3 is 1.63 bits per heavy atom. The third kappa shape index (κ3) is 4.85. The second kappa shape index (κ2) is 12.3. The van der Waals surface area contributed by atoms with Crippen molar-refractivity contribution >= 4 is 64.1 Å². The molecule has 0 aliphatic carbocycles. The summed E-state index contributed by atoms with van der Waals surface area (Å²) in [6.07, 6.45) is 3.92. The Labute approximate surface area is 314 Å². The number of pyridine rings is 1. The molecule has 11 aromatic rings. The summed E-state index contributed by atoms with van der Waals surface area (Å²) in [5.41, 5.74) is 8.25. The minimum atomic E-state index is 0.613. The maximum atomic E-state index is 5.16. The number of rotatable bonds is 5. The van der Waals surface area contributed by atoms with Crippen molar-refractivity contribution in [1.29, 1.82) is 0 Å². The van der Waals surface area contributed by atoms with E-state index in [0.29, 0.717) is 17.5 Å². The van der Waals surface area contributed by atoms with E-state index in [1.54, 1.807) is 0 Å². The van der Waals surface area contributed by atoms with E-state index in [0.717, 1.165) is 44.4 Å². The lowest BCUT2D eigenvalue weighted by atomic mass is 9.99. The van der Waals surface area contributed by atoms with E-state index in [4.69, 9.17) is 15.0 Å². The van der Waals surface area contributed by atoms with Gasteiger partial charge in [0.2, 0.25) is 0 Å². The van der Waals surface area contributed by atoms with Gasteiger partial charge in [0, 0.05) is 61.0 Å². The van der Waals surface area contributed by atoms with Crippen LogP contribution in [-0.2, 0) is 0 Å². The van der Waals surface area contributed by atoms with Gasteiger partial charge < -0.3 is 4.57 Å². The van der Waals surface area contributed by atoms with Crippen LogP contribution in [0.2, 0.25) is 0 Å². The normalized spacial score (nSPS) is 11.7. The van der Waals surface area contributed by atoms with Crippen LogP contribution < -0.4 is 0 Å². The second-order valence-corrected chi connectivity index (χ2v) is 14.5. The molecular formula is C48H29N5S. The van der Waals surface area contributed by atoms with Crippen molar-refractivity contribution in [2.45, 2.75) is 0 Å². The number of hydrogen-bond acceptors (Lipinski definition) is 5. The molecule has 0 saturated carbocycles. The Kier molecular flexibility index (Phi) is 6.97. The molecule has 6 heteroatoms. The van der Waals surface area contributed by atoms with Gasteiger partial charge in [0.05, 0.1) is 15.7 Å². The molecule has 0 spiro atoms. The summed E-state index contributed by atoms with van der Waals surface area (Å²) in [4.78, 5) is 20.0. The van der Waals surface area contributed by atoms with E-state index in [2.05, 4.69) is 113 Å². The number of hydrogen-bond donors (Lipinski definition) is 0. The molecule has 0 bridgehead atoms. The highest BCUT2D eigenvalue weighted by Crippen LogP contribution is 2.48. The molecule has 11 rings (SSSR count). The molecule has 4 aromatic heterocycles. The summed E-state index contributed by atoms with van der Waals surface area (Å²) in [5, 5.41) is 7.36. The number of thiophene rings is 1. The summed E-state index contributed by atoms with van der Waals surface area (Å²) in [7, 11) is 0. The highest BCUT2D eigenvalue weighted by Gasteiger charge is 2.23. The van der Waals surface area contributed by atoms with E-state index >= 15 is 0 Å². The summed E-state index contributed by atoms with van der Waals surface area (Å²) in [6, 6.07) is 57.3. The van der Waals surface area contributed by atoms with Crippen molar-refractivity contribution in [3.63, 3.8) is 0 Å². The molecular weight excluding hydrogens is 679 g/mol. The molecule has 0 atom stereocenters. The van der Waals surface area contributed by atoms with Gasteiger partial charge in [-0.1, -0.05) is 133 Å². The molecule has 0 aliphatic heterocycles. The standard InChI is InChI=1S/C48H29N5S/c1-4-14-30(15-5-1)33-26-34(48-51-46(31-16-6-2-7-17-31)50-47(52-48)32-18-8-3-9-19-32)28-35(27-33)53-40-24-25-49-29-39(40)42-36-20-10-11-21-37(36)43-38-22-12-13-23-41(38)54-45(43)44(42)53/h1-29H. The molecule has 4 heterocycles. The summed E-state index contributed by atoms with van der Waals surface area (Å²) >= 11 is 1.86. The average molecular weight is 708 g/mol. The second-order valence-electron chi connectivity index (χ2n) is 13.5.